The van der Waals surface area contributed by atoms with Crippen LogP contribution in [0.25, 0.3) is 0 Å². The van der Waals surface area contributed by atoms with Crippen LogP contribution >= 0.6 is 0 Å². The number of aromatic nitrogens is 1. The SMILES string of the molecule is Cc1cc(=O)c(O)c(CN(C)C)n1C(CO)C(=O)O. The number of aliphatic hydroxyl groups is 1. The third-order valence-electron chi connectivity index (χ3n) is 2.75. The maximum absolute atomic E-state index is 11.6. The normalized spacial score (nSPS) is 12.7. The fourth-order valence-corrected chi connectivity index (χ4v) is 1.95. The van der Waals surface area contributed by atoms with E-state index in [4.69, 9.17) is 5.11 Å². The highest BCUT2D eigenvalue weighted by molar-refractivity contribution is 5.72. The third-order valence-corrected chi connectivity index (χ3v) is 2.75. The van der Waals surface area contributed by atoms with Gasteiger partial charge < -0.3 is 24.8 Å². The Labute approximate surface area is 110 Å². The lowest BCUT2D eigenvalue weighted by Crippen LogP contribution is -2.30. The third kappa shape index (κ3) is 3.12. The molecule has 0 radical (unpaired) electrons. The standard InChI is InChI=1S/C12H18N2O5/c1-7-4-10(16)11(17)8(5-13(2)3)14(7)9(6-15)12(18)19/h4,9,15,17H,5-6H2,1-3H3,(H,18,19). The number of hydrogen-bond donors (Lipinski definition) is 3. The molecule has 1 aromatic heterocycles. The first kappa shape index (κ1) is 15.2. The highest BCUT2D eigenvalue weighted by Gasteiger charge is 2.25. The molecule has 1 unspecified atom stereocenters. The van der Waals surface area contributed by atoms with Gasteiger partial charge in [-0.2, -0.15) is 0 Å². The molecule has 0 aliphatic heterocycles. The number of aliphatic carboxylic acids is 1. The zero-order valence-corrected chi connectivity index (χ0v) is 11.1. The summed E-state index contributed by atoms with van der Waals surface area (Å²) in [5.74, 6) is -1.72. The topological polar surface area (TPSA) is 103 Å². The molecule has 1 rings (SSSR count). The fourth-order valence-electron chi connectivity index (χ4n) is 1.95. The lowest BCUT2D eigenvalue weighted by molar-refractivity contribution is -0.142. The summed E-state index contributed by atoms with van der Waals surface area (Å²) in [4.78, 5) is 24.4. The lowest BCUT2D eigenvalue weighted by Gasteiger charge is -2.24. The Bertz CT molecular complexity index is 536. The van der Waals surface area contributed by atoms with E-state index in [0.29, 0.717) is 5.69 Å². The van der Waals surface area contributed by atoms with Gasteiger partial charge in [0.05, 0.1) is 12.3 Å². The van der Waals surface area contributed by atoms with Crippen LogP contribution in [0.15, 0.2) is 10.9 Å². The summed E-state index contributed by atoms with van der Waals surface area (Å²) < 4.78 is 1.28. The number of carbonyl (C=O) groups is 1. The number of aromatic hydroxyl groups is 1. The molecule has 0 fully saturated rings. The summed E-state index contributed by atoms with van der Waals surface area (Å²) in [5.41, 5.74) is -0.00905. The molecule has 0 saturated heterocycles. The number of nitrogens with zero attached hydrogens (tertiary/aromatic N) is 2. The number of pyridine rings is 1. The Balaban J connectivity index is 3.55. The van der Waals surface area contributed by atoms with Crippen LogP contribution in [0.1, 0.15) is 17.4 Å². The second-order valence-corrected chi connectivity index (χ2v) is 4.59. The molecule has 1 aromatic rings. The summed E-state index contributed by atoms with van der Waals surface area (Å²) in [5, 5.41) is 28.2. The zero-order valence-electron chi connectivity index (χ0n) is 11.1. The van der Waals surface area contributed by atoms with Gasteiger partial charge in [0.2, 0.25) is 5.43 Å². The molecule has 1 heterocycles. The Kier molecular flexibility index (Phi) is 4.68. The number of aliphatic hydroxyl groups excluding tert-OH is 1. The van der Waals surface area contributed by atoms with Crippen LogP contribution in [-0.2, 0) is 11.3 Å². The summed E-state index contributed by atoms with van der Waals surface area (Å²) in [6.07, 6.45) is 0. The van der Waals surface area contributed by atoms with Gasteiger partial charge in [0, 0.05) is 18.3 Å². The van der Waals surface area contributed by atoms with Crippen molar-refractivity contribution in [2.75, 3.05) is 20.7 Å². The largest absolute Gasteiger partial charge is 0.503 e. The molecule has 0 spiro atoms. The van der Waals surface area contributed by atoms with E-state index in [9.17, 15) is 19.8 Å². The zero-order chi connectivity index (χ0) is 14.7. The van der Waals surface area contributed by atoms with Gasteiger partial charge in [-0.15, -0.1) is 0 Å². The smallest absolute Gasteiger partial charge is 0.329 e. The Morgan fingerprint density at radius 3 is 2.47 bits per heavy atom. The molecule has 0 saturated carbocycles. The van der Waals surface area contributed by atoms with E-state index >= 15 is 0 Å². The molecule has 0 amide bonds. The van der Waals surface area contributed by atoms with E-state index < -0.39 is 29.8 Å². The van der Waals surface area contributed by atoms with Crippen molar-refractivity contribution in [3.8, 4) is 5.75 Å². The Morgan fingerprint density at radius 1 is 1.47 bits per heavy atom. The van der Waals surface area contributed by atoms with Crippen LogP contribution in [-0.4, -0.2) is 51.5 Å². The predicted molar refractivity (Wildman–Crippen MR) is 68.3 cm³/mol. The van der Waals surface area contributed by atoms with E-state index in [1.165, 1.54) is 4.57 Å². The Morgan fingerprint density at radius 2 is 2.05 bits per heavy atom. The van der Waals surface area contributed by atoms with Gasteiger partial charge in [-0.05, 0) is 21.0 Å². The molecule has 19 heavy (non-hydrogen) atoms. The van der Waals surface area contributed by atoms with E-state index in [0.717, 1.165) is 6.07 Å². The van der Waals surface area contributed by atoms with Crippen molar-refractivity contribution in [2.45, 2.75) is 19.5 Å². The van der Waals surface area contributed by atoms with Crippen molar-refractivity contribution in [1.82, 2.24) is 9.47 Å². The summed E-state index contributed by atoms with van der Waals surface area (Å²) >= 11 is 0. The molecule has 1 atom stereocenters. The number of rotatable bonds is 5. The van der Waals surface area contributed by atoms with E-state index in [1.807, 2.05) is 0 Å². The highest BCUT2D eigenvalue weighted by atomic mass is 16.4. The van der Waals surface area contributed by atoms with Crippen molar-refractivity contribution in [3.05, 3.63) is 27.7 Å². The maximum Gasteiger partial charge on any atom is 0.329 e. The van der Waals surface area contributed by atoms with Gasteiger partial charge in [-0.1, -0.05) is 0 Å². The second kappa shape index (κ2) is 5.85. The molecule has 0 bridgehead atoms. The van der Waals surface area contributed by atoms with Crippen LogP contribution in [0.2, 0.25) is 0 Å². The minimum Gasteiger partial charge on any atom is -0.503 e. The first-order valence-electron chi connectivity index (χ1n) is 5.72. The average Bonchev–Trinajstić information content (AvgIpc) is 2.29. The second-order valence-electron chi connectivity index (χ2n) is 4.59. The number of carboxylic acids is 1. The van der Waals surface area contributed by atoms with Crippen LogP contribution < -0.4 is 5.43 Å². The molecule has 7 nitrogen and oxygen atoms in total. The van der Waals surface area contributed by atoms with Crippen LogP contribution in [0, 0.1) is 6.92 Å². The van der Waals surface area contributed by atoms with Gasteiger partial charge in [0.1, 0.15) is 0 Å². The van der Waals surface area contributed by atoms with Gasteiger partial charge in [-0.25, -0.2) is 4.79 Å². The molecule has 0 aliphatic carbocycles. The van der Waals surface area contributed by atoms with Gasteiger partial charge in [0.15, 0.2) is 11.8 Å². The molecular weight excluding hydrogens is 252 g/mol. The van der Waals surface area contributed by atoms with E-state index in [2.05, 4.69) is 0 Å². The fraction of sp³-hybridized carbons (Fsp3) is 0.500. The number of carboxylic acid groups (broad SMARTS) is 1. The van der Waals surface area contributed by atoms with Gasteiger partial charge in [-0.3, -0.25) is 4.79 Å². The summed E-state index contributed by atoms with van der Waals surface area (Å²) in [6, 6.07) is -0.0819. The quantitative estimate of drug-likeness (QED) is 0.669. The summed E-state index contributed by atoms with van der Waals surface area (Å²) in [6.45, 7) is 1.12. The van der Waals surface area contributed by atoms with E-state index in [-0.39, 0.29) is 12.2 Å². The van der Waals surface area contributed by atoms with Crippen molar-refractivity contribution in [2.24, 2.45) is 0 Å². The Hall–Kier alpha value is -1.86. The molecule has 0 aromatic carbocycles. The van der Waals surface area contributed by atoms with Gasteiger partial charge >= 0.3 is 5.97 Å². The van der Waals surface area contributed by atoms with Crippen molar-refractivity contribution < 1.29 is 20.1 Å². The van der Waals surface area contributed by atoms with Crippen molar-refractivity contribution in [3.63, 3.8) is 0 Å². The maximum atomic E-state index is 11.6. The first-order chi connectivity index (χ1) is 8.79. The minimum absolute atomic E-state index is 0.177. The predicted octanol–water partition coefficient (Wildman–Crippen LogP) is -0.458. The number of aryl methyl sites for hydroxylation is 1. The van der Waals surface area contributed by atoms with Crippen molar-refractivity contribution in [1.29, 1.82) is 0 Å². The van der Waals surface area contributed by atoms with Crippen LogP contribution in [0.3, 0.4) is 0 Å². The van der Waals surface area contributed by atoms with Crippen LogP contribution in [0.4, 0.5) is 0 Å². The molecule has 0 aliphatic rings. The van der Waals surface area contributed by atoms with Crippen molar-refractivity contribution >= 4 is 5.97 Å². The first-order valence-corrected chi connectivity index (χ1v) is 5.72. The monoisotopic (exact) mass is 270 g/mol. The minimum atomic E-state index is -1.23. The number of hydrogen-bond acceptors (Lipinski definition) is 5. The van der Waals surface area contributed by atoms with Crippen LogP contribution in [0.5, 0.6) is 5.75 Å². The molecule has 7 heteroatoms. The van der Waals surface area contributed by atoms with Gasteiger partial charge in [0.25, 0.3) is 0 Å². The molecule has 106 valence electrons. The molecule has 3 N–H and O–H groups in total. The average molecular weight is 270 g/mol. The van der Waals surface area contributed by atoms with E-state index in [1.54, 1.807) is 25.9 Å². The molecular formula is C12H18N2O5. The highest BCUT2D eigenvalue weighted by Crippen LogP contribution is 2.21. The summed E-state index contributed by atoms with van der Waals surface area (Å²) in [7, 11) is 3.45. The lowest BCUT2D eigenvalue weighted by atomic mass is 10.2.